The summed E-state index contributed by atoms with van der Waals surface area (Å²) in [6.45, 7) is 2.45. The van der Waals surface area contributed by atoms with Crippen molar-refractivity contribution >= 4 is 11.8 Å². The normalized spacial score (nSPS) is 14.5. The summed E-state index contributed by atoms with van der Waals surface area (Å²) in [6.07, 6.45) is 2.37. The number of ether oxygens (including phenoxy) is 1. The Bertz CT molecular complexity index is 567. The molecule has 0 radical (unpaired) electrons. The van der Waals surface area contributed by atoms with E-state index in [1.54, 1.807) is 18.9 Å². The number of benzene rings is 1. The number of aromatic nitrogens is 4. The molecule has 0 spiro atoms. The number of nitrogens with zero attached hydrogens (tertiary/aromatic N) is 4. The van der Waals surface area contributed by atoms with Gasteiger partial charge in [0.2, 0.25) is 5.16 Å². The molecule has 3 rings (SSSR count). The fourth-order valence-electron chi connectivity index (χ4n) is 1.99. The van der Waals surface area contributed by atoms with Gasteiger partial charge >= 0.3 is 0 Å². The van der Waals surface area contributed by atoms with E-state index in [0.717, 1.165) is 29.7 Å². The van der Waals surface area contributed by atoms with Gasteiger partial charge in [-0.15, -0.1) is 5.10 Å². The lowest BCUT2D eigenvalue weighted by Gasteiger charge is -2.06. The Morgan fingerprint density at radius 2 is 2.14 bits per heavy atom. The quantitative estimate of drug-likeness (QED) is 0.751. The summed E-state index contributed by atoms with van der Waals surface area (Å²) in [6, 6.07) is 9.00. The van der Waals surface area contributed by atoms with E-state index in [1.807, 2.05) is 4.68 Å². The zero-order valence-corrected chi connectivity index (χ0v) is 12.8. The molecule has 1 N–H and O–H groups in total. The first-order chi connectivity index (χ1) is 10.4. The summed E-state index contributed by atoms with van der Waals surface area (Å²) in [5.41, 5.74) is 1.26. The third-order valence-corrected chi connectivity index (χ3v) is 4.26. The van der Waals surface area contributed by atoms with Gasteiger partial charge in [0, 0.05) is 25.1 Å². The Kier molecular flexibility index (Phi) is 4.84. The second-order valence-corrected chi connectivity index (χ2v) is 6.09. The first kappa shape index (κ1) is 14.5. The molecule has 1 aromatic heterocycles. The topological polar surface area (TPSA) is 64.9 Å². The predicted octanol–water partition coefficient (Wildman–Crippen LogP) is 1.90. The van der Waals surface area contributed by atoms with Crippen LogP contribution in [0, 0.1) is 0 Å². The van der Waals surface area contributed by atoms with Gasteiger partial charge in [-0.05, 0) is 52.7 Å². The van der Waals surface area contributed by atoms with Crippen molar-refractivity contribution in [2.75, 3.05) is 20.3 Å². The number of hydrogen-bond acceptors (Lipinski definition) is 6. The molecule has 21 heavy (non-hydrogen) atoms. The zero-order chi connectivity index (χ0) is 14.5. The van der Waals surface area contributed by atoms with Crippen molar-refractivity contribution in [2.24, 2.45) is 0 Å². The summed E-state index contributed by atoms with van der Waals surface area (Å²) >= 11 is 1.62. The number of nitrogens with one attached hydrogen (secondary N) is 1. The monoisotopic (exact) mass is 305 g/mol. The largest absolute Gasteiger partial charge is 0.383 e. The first-order valence-electron chi connectivity index (χ1n) is 7.11. The van der Waals surface area contributed by atoms with Gasteiger partial charge in [-0.3, -0.25) is 0 Å². The highest BCUT2D eigenvalue weighted by atomic mass is 32.2. The number of methoxy groups -OCH3 is 1. The molecule has 112 valence electrons. The van der Waals surface area contributed by atoms with Crippen LogP contribution in [0.15, 0.2) is 34.3 Å². The molecule has 0 amide bonds. The molecule has 1 fully saturated rings. The Morgan fingerprint density at radius 1 is 1.33 bits per heavy atom. The maximum absolute atomic E-state index is 5.01. The number of hydrogen-bond donors (Lipinski definition) is 1. The summed E-state index contributed by atoms with van der Waals surface area (Å²) in [5, 5.41) is 16.2. The van der Waals surface area contributed by atoms with Gasteiger partial charge in [0.15, 0.2) is 0 Å². The van der Waals surface area contributed by atoms with E-state index >= 15 is 0 Å². The molecule has 6 nitrogen and oxygen atoms in total. The minimum absolute atomic E-state index is 0.506. The van der Waals surface area contributed by atoms with Crippen molar-refractivity contribution < 1.29 is 4.74 Å². The molecule has 1 aliphatic rings. The van der Waals surface area contributed by atoms with E-state index in [1.165, 1.54) is 18.4 Å². The van der Waals surface area contributed by atoms with Crippen LogP contribution in [0.25, 0.3) is 0 Å². The third kappa shape index (κ3) is 4.03. The third-order valence-electron chi connectivity index (χ3n) is 3.30. The molecule has 2 aromatic rings. The van der Waals surface area contributed by atoms with Gasteiger partial charge in [0.25, 0.3) is 0 Å². The molecule has 1 saturated carbocycles. The zero-order valence-electron chi connectivity index (χ0n) is 12.0. The standard InChI is InChI=1S/C14H19N5OS/c1-20-9-8-15-10-11-2-6-13(7-3-11)21-14-16-17-18-19(14)12-4-5-12/h2-3,6-7,12,15H,4-5,8-10H2,1H3. The molecule has 1 aromatic carbocycles. The van der Waals surface area contributed by atoms with E-state index in [2.05, 4.69) is 45.1 Å². The van der Waals surface area contributed by atoms with Crippen LogP contribution in [0.3, 0.4) is 0 Å². The van der Waals surface area contributed by atoms with E-state index in [0.29, 0.717) is 6.04 Å². The van der Waals surface area contributed by atoms with Gasteiger partial charge in [0.05, 0.1) is 12.6 Å². The Morgan fingerprint density at radius 3 is 2.86 bits per heavy atom. The molecule has 0 bridgehead atoms. The van der Waals surface area contributed by atoms with Crippen molar-refractivity contribution in [2.45, 2.75) is 35.5 Å². The van der Waals surface area contributed by atoms with Crippen LogP contribution in [0.2, 0.25) is 0 Å². The lowest BCUT2D eigenvalue weighted by Crippen LogP contribution is -2.18. The van der Waals surface area contributed by atoms with Crippen LogP contribution >= 0.6 is 11.8 Å². The van der Waals surface area contributed by atoms with Crippen LogP contribution in [0.4, 0.5) is 0 Å². The van der Waals surface area contributed by atoms with Gasteiger partial charge in [0.1, 0.15) is 0 Å². The molecule has 1 aliphatic carbocycles. The molecular formula is C14H19N5OS. The minimum atomic E-state index is 0.506. The molecule has 0 aliphatic heterocycles. The van der Waals surface area contributed by atoms with Gasteiger partial charge in [-0.1, -0.05) is 12.1 Å². The van der Waals surface area contributed by atoms with Crippen LogP contribution in [-0.2, 0) is 11.3 Å². The molecule has 0 unspecified atom stereocenters. The maximum Gasteiger partial charge on any atom is 0.214 e. The van der Waals surface area contributed by atoms with Gasteiger partial charge in [-0.25, -0.2) is 4.68 Å². The second-order valence-electron chi connectivity index (χ2n) is 5.05. The summed E-state index contributed by atoms with van der Waals surface area (Å²) in [5.74, 6) is 0. The SMILES string of the molecule is COCCNCc1ccc(Sc2nnnn2C2CC2)cc1. The summed E-state index contributed by atoms with van der Waals surface area (Å²) in [4.78, 5) is 1.16. The highest BCUT2D eigenvalue weighted by Crippen LogP contribution is 2.37. The average molecular weight is 305 g/mol. The van der Waals surface area contributed by atoms with Crippen LogP contribution in [0.1, 0.15) is 24.4 Å². The van der Waals surface area contributed by atoms with Gasteiger partial charge in [-0.2, -0.15) is 0 Å². The Hall–Kier alpha value is -1.44. The maximum atomic E-state index is 5.01. The average Bonchev–Trinajstić information content (AvgIpc) is 3.25. The van der Waals surface area contributed by atoms with Crippen molar-refractivity contribution in [1.29, 1.82) is 0 Å². The smallest absolute Gasteiger partial charge is 0.214 e. The lowest BCUT2D eigenvalue weighted by atomic mass is 10.2. The van der Waals surface area contributed by atoms with Crippen LogP contribution in [-0.4, -0.2) is 40.5 Å². The molecule has 1 heterocycles. The van der Waals surface area contributed by atoms with E-state index in [9.17, 15) is 0 Å². The number of tetrazole rings is 1. The fourth-order valence-corrected chi connectivity index (χ4v) is 2.83. The Balaban J connectivity index is 1.55. The lowest BCUT2D eigenvalue weighted by molar-refractivity contribution is 0.199. The van der Waals surface area contributed by atoms with E-state index < -0.39 is 0 Å². The highest BCUT2D eigenvalue weighted by Gasteiger charge is 2.27. The van der Waals surface area contributed by atoms with Crippen molar-refractivity contribution in [1.82, 2.24) is 25.5 Å². The van der Waals surface area contributed by atoms with Crippen molar-refractivity contribution in [3.05, 3.63) is 29.8 Å². The molecule has 0 saturated heterocycles. The highest BCUT2D eigenvalue weighted by molar-refractivity contribution is 7.99. The predicted molar refractivity (Wildman–Crippen MR) is 80.2 cm³/mol. The van der Waals surface area contributed by atoms with Gasteiger partial charge < -0.3 is 10.1 Å². The van der Waals surface area contributed by atoms with Crippen LogP contribution < -0.4 is 5.32 Å². The minimum Gasteiger partial charge on any atom is -0.383 e. The molecule has 0 atom stereocenters. The summed E-state index contributed by atoms with van der Waals surface area (Å²) < 4.78 is 6.94. The van der Waals surface area contributed by atoms with E-state index in [-0.39, 0.29) is 0 Å². The van der Waals surface area contributed by atoms with Crippen molar-refractivity contribution in [3.63, 3.8) is 0 Å². The molecule has 7 heteroatoms. The van der Waals surface area contributed by atoms with Crippen molar-refractivity contribution in [3.8, 4) is 0 Å². The second kappa shape index (κ2) is 7.02. The Labute approximate surface area is 128 Å². The number of rotatable bonds is 8. The molecular weight excluding hydrogens is 286 g/mol. The fraction of sp³-hybridized carbons (Fsp3) is 0.500. The first-order valence-corrected chi connectivity index (χ1v) is 7.93. The summed E-state index contributed by atoms with van der Waals surface area (Å²) in [7, 11) is 1.71. The van der Waals surface area contributed by atoms with Crippen LogP contribution in [0.5, 0.6) is 0 Å². The van der Waals surface area contributed by atoms with E-state index in [4.69, 9.17) is 4.74 Å².